The highest BCUT2D eigenvalue weighted by Crippen LogP contribution is 2.29. The summed E-state index contributed by atoms with van der Waals surface area (Å²) in [6.07, 6.45) is 4.47. The van der Waals surface area contributed by atoms with Gasteiger partial charge in [-0.2, -0.15) is 4.31 Å². The molecule has 4 rings (SSSR count). The molecule has 2 N–H and O–H groups in total. The van der Waals surface area contributed by atoms with Gasteiger partial charge in [-0.25, -0.2) is 8.42 Å². The number of nitrogens with zero attached hydrogens (tertiary/aromatic N) is 3. The van der Waals surface area contributed by atoms with Crippen LogP contribution in [0, 0.1) is 5.92 Å². The fourth-order valence-electron chi connectivity index (χ4n) is 5.45. The SMILES string of the molecule is COc1ccc(S(=O)(=O)N(C)C[C@H]2OCCCC[C@H](C)Oc3ccc(NC(=O)c4ccncc4)cc3C(=O)N([C@@H](C)CO)C[C@@H]2C)cc1. The van der Waals surface area contributed by atoms with Crippen LogP contribution in [-0.2, 0) is 14.8 Å². The smallest absolute Gasteiger partial charge is 0.258 e. The number of carbonyl (C=O) groups is 2. The summed E-state index contributed by atoms with van der Waals surface area (Å²) >= 11 is 0. The van der Waals surface area contributed by atoms with Gasteiger partial charge < -0.3 is 29.5 Å². The number of carbonyl (C=O) groups excluding carboxylic acids is 2. The number of aliphatic hydroxyl groups is 1. The van der Waals surface area contributed by atoms with Crippen molar-refractivity contribution >= 4 is 27.5 Å². The van der Waals surface area contributed by atoms with Crippen LogP contribution in [0.5, 0.6) is 11.5 Å². The minimum Gasteiger partial charge on any atom is -0.497 e. The lowest BCUT2D eigenvalue weighted by atomic mass is 10.0. The Morgan fingerprint density at radius 1 is 1.12 bits per heavy atom. The minimum absolute atomic E-state index is 0.0480. The second-order valence-corrected chi connectivity index (χ2v) is 14.2. The maximum absolute atomic E-state index is 14.3. The van der Waals surface area contributed by atoms with E-state index in [9.17, 15) is 23.1 Å². The first-order chi connectivity index (χ1) is 22.9. The van der Waals surface area contributed by atoms with E-state index in [-0.39, 0.29) is 48.1 Å². The van der Waals surface area contributed by atoms with Crippen molar-refractivity contribution < 1.29 is 37.3 Å². The zero-order chi connectivity index (χ0) is 34.8. The zero-order valence-corrected chi connectivity index (χ0v) is 29.0. The molecule has 13 heteroatoms. The Morgan fingerprint density at radius 2 is 1.83 bits per heavy atom. The summed E-state index contributed by atoms with van der Waals surface area (Å²) in [5, 5.41) is 13.1. The molecule has 12 nitrogen and oxygen atoms in total. The molecule has 0 radical (unpaired) electrons. The molecule has 0 saturated heterocycles. The predicted molar refractivity (Wildman–Crippen MR) is 182 cm³/mol. The van der Waals surface area contributed by atoms with Gasteiger partial charge in [-0.05, 0) is 87.7 Å². The molecular formula is C35H46N4O8S. The van der Waals surface area contributed by atoms with Gasteiger partial charge in [-0.1, -0.05) is 6.92 Å². The largest absolute Gasteiger partial charge is 0.497 e. The number of sulfonamides is 1. The molecule has 1 aliphatic rings. The molecule has 0 aliphatic carbocycles. The topological polar surface area (TPSA) is 148 Å². The zero-order valence-electron chi connectivity index (χ0n) is 28.2. The highest BCUT2D eigenvalue weighted by Gasteiger charge is 2.32. The fourth-order valence-corrected chi connectivity index (χ4v) is 6.63. The first-order valence-electron chi connectivity index (χ1n) is 16.1. The van der Waals surface area contributed by atoms with Crippen molar-refractivity contribution in [3.8, 4) is 11.5 Å². The third-order valence-electron chi connectivity index (χ3n) is 8.46. The van der Waals surface area contributed by atoms with Crippen LogP contribution < -0.4 is 14.8 Å². The summed E-state index contributed by atoms with van der Waals surface area (Å²) in [5.41, 5.74) is 1.05. The van der Waals surface area contributed by atoms with Gasteiger partial charge in [0.15, 0.2) is 0 Å². The van der Waals surface area contributed by atoms with E-state index in [0.717, 1.165) is 12.8 Å². The number of aromatic nitrogens is 1. The summed E-state index contributed by atoms with van der Waals surface area (Å²) in [4.78, 5) is 32.9. The van der Waals surface area contributed by atoms with E-state index in [0.29, 0.717) is 35.8 Å². The number of amides is 2. The second kappa shape index (κ2) is 16.9. The maximum atomic E-state index is 14.3. The molecule has 0 fully saturated rings. The highest BCUT2D eigenvalue weighted by molar-refractivity contribution is 7.89. The predicted octanol–water partition coefficient (Wildman–Crippen LogP) is 4.46. The van der Waals surface area contributed by atoms with Crippen LogP contribution in [0.4, 0.5) is 5.69 Å². The first kappa shape index (κ1) is 36.8. The third kappa shape index (κ3) is 9.31. The fraction of sp³-hybridized carbons (Fsp3) is 0.457. The molecule has 4 atom stereocenters. The maximum Gasteiger partial charge on any atom is 0.258 e. The lowest BCUT2D eigenvalue weighted by molar-refractivity contribution is -0.00834. The van der Waals surface area contributed by atoms with Gasteiger partial charge in [-0.3, -0.25) is 14.6 Å². The number of methoxy groups -OCH3 is 1. The van der Waals surface area contributed by atoms with E-state index in [2.05, 4.69) is 10.3 Å². The van der Waals surface area contributed by atoms with Gasteiger partial charge >= 0.3 is 0 Å². The van der Waals surface area contributed by atoms with Gasteiger partial charge in [0.25, 0.3) is 11.8 Å². The number of ether oxygens (including phenoxy) is 3. The Balaban J connectivity index is 1.64. The van der Waals surface area contributed by atoms with Crippen molar-refractivity contribution in [3.05, 3.63) is 78.1 Å². The number of anilines is 1. The molecule has 2 aromatic carbocycles. The average molecular weight is 683 g/mol. The van der Waals surface area contributed by atoms with E-state index in [1.165, 1.54) is 43.0 Å². The summed E-state index contributed by atoms with van der Waals surface area (Å²) in [5.74, 6) is -0.180. The molecule has 0 unspecified atom stereocenters. The van der Waals surface area contributed by atoms with Crippen molar-refractivity contribution in [2.75, 3.05) is 45.8 Å². The van der Waals surface area contributed by atoms with Crippen LogP contribution in [0.25, 0.3) is 0 Å². The molecule has 260 valence electrons. The van der Waals surface area contributed by atoms with Crippen molar-refractivity contribution in [3.63, 3.8) is 0 Å². The standard InChI is InChI=1S/C35H46N4O8S/c1-24-21-39(25(2)23-40)35(42)31-20-28(37-34(41)27-15-17-36-18-16-27)9-14-32(31)47-26(3)8-6-7-19-46-33(24)22-38(4)48(43,44)30-12-10-29(45-5)11-13-30/h9-18,20,24-26,33,40H,6-8,19,21-23H2,1-5H3,(H,37,41)/t24-,25-,26-,33+/m0/s1. The van der Waals surface area contributed by atoms with Crippen LogP contribution >= 0.6 is 0 Å². The Hall–Kier alpha value is -4.04. The molecular weight excluding hydrogens is 636 g/mol. The molecule has 48 heavy (non-hydrogen) atoms. The average Bonchev–Trinajstić information content (AvgIpc) is 3.09. The summed E-state index contributed by atoms with van der Waals surface area (Å²) in [6, 6.07) is 13.7. The molecule has 0 saturated carbocycles. The number of hydrogen-bond donors (Lipinski definition) is 2. The van der Waals surface area contributed by atoms with Crippen molar-refractivity contribution in [2.24, 2.45) is 5.92 Å². The Bertz CT molecular complexity index is 1620. The van der Waals surface area contributed by atoms with E-state index in [1.54, 1.807) is 54.3 Å². The van der Waals surface area contributed by atoms with Gasteiger partial charge in [-0.15, -0.1) is 0 Å². The quantitative estimate of drug-likeness (QED) is 0.334. The number of fused-ring (bicyclic) bond motifs is 1. The summed E-state index contributed by atoms with van der Waals surface area (Å²) in [7, 11) is -0.827. The number of aliphatic hydroxyl groups excluding tert-OH is 1. The number of likely N-dealkylation sites (N-methyl/N-ethyl adjacent to an activating group) is 1. The monoisotopic (exact) mass is 682 g/mol. The van der Waals surface area contributed by atoms with Crippen molar-refractivity contribution in [2.45, 2.75) is 63.2 Å². The lowest BCUT2D eigenvalue weighted by Gasteiger charge is -2.35. The molecule has 1 aromatic heterocycles. The highest BCUT2D eigenvalue weighted by atomic mass is 32.2. The molecule has 2 amide bonds. The Morgan fingerprint density at radius 3 is 2.50 bits per heavy atom. The first-order valence-corrected chi connectivity index (χ1v) is 17.5. The number of benzene rings is 2. The van der Waals surface area contributed by atoms with Crippen molar-refractivity contribution in [1.29, 1.82) is 0 Å². The van der Waals surface area contributed by atoms with Crippen LogP contribution in [0.3, 0.4) is 0 Å². The number of rotatable bonds is 9. The Kier molecular flexibility index (Phi) is 12.9. The molecule has 3 aromatic rings. The summed E-state index contributed by atoms with van der Waals surface area (Å²) < 4.78 is 46.0. The third-order valence-corrected chi connectivity index (χ3v) is 10.3. The normalized spacial score (nSPS) is 20.3. The lowest BCUT2D eigenvalue weighted by Crippen LogP contribution is -2.48. The van der Waals surface area contributed by atoms with Crippen LogP contribution in [0.1, 0.15) is 60.7 Å². The van der Waals surface area contributed by atoms with E-state index < -0.39 is 28.1 Å². The van der Waals surface area contributed by atoms with Gasteiger partial charge in [0, 0.05) is 56.3 Å². The number of nitrogens with one attached hydrogen (secondary N) is 1. The van der Waals surface area contributed by atoms with Gasteiger partial charge in [0.2, 0.25) is 10.0 Å². The molecule has 0 spiro atoms. The van der Waals surface area contributed by atoms with Crippen LogP contribution in [0.15, 0.2) is 71.9 Å². The molecule has 0 bridgehead atoms. The molecule has 1 aliphatic heterocycles. The number of hydrogen-bond acceptors (Lipinski definition) is 9. The Labute approximate surface area is 283 Å². The van der Waals surface area contributed by atoms with Gasteiger partial charge in [0.05, 0.1) is 42.4 Å². The van der Waals surface area contributed by atoms with E-state index in [4.69, 9.17) is 14.2 Å². The van der Waals surface area contributed by atoms with Gasteiger partial charge in [0.1, 0.15) is 11.5 Å². The van der Waals surface area contributed by atoms with E-state index in [1.807, 2.05) is 13.8 Å². The summed E-state index contributed by atoms with van der Waals surface area (Å²) in [6.45, 7) is 5.87. The van der Waals surface area contributed by atoms with Crippen molar-refractivity contribution in [1.82, 2.24) is 14.2 Å². The second-order valence-electron chi connectivity index (χ2n) is 12.2. The minimum atomic E-state index is -3.85. The number of pyridine rings is 1. The van der Waals surface area contributed by atoms with Crippen LogP contribution in [-0.4, -0.2) is 98.2 Å². The molecule has 2 heterocycles. The van der Waals surface area contributed by atoms with Crippen LogP contribution in [0.2, 0.25) is 0 Å². The van der Waals surface area contributed by atoms with E-state index >= 15 is 0 Å².